The molecule has 4 N–H and O–H groups in total. The van der Waals surface area contributed by atoms with Gasteiger partial charge in [0.1, 0.15) is 6.10 Å². The third-order valence-electron chi connectivity index (χ3n) is 2.04. The zero-order valence-electron chi connectivity index (χ0n) is 7.98. The highest BCUT2D eigenvalue weighted by Crippen LogP contribution is 2.20. The lowest BCUT2D eigenvalue weighted by Gasteiger charge is -2.13. The Morgan fingerprint density at radius 2 is 2.00 bits per heavy atom. The number of carboxylic acid groups (broad SMARTS) is 1. The average Bonchev–Trinajstić information content (AvgIpc) is 2.42. The summed E-state index contributed by atoms with van der Waals surface area (Å²) in [6.45, 7) is 3.52. The van der Waals surface area contributed by atoms with E-state index in [1.165, 1.54) is 0 Å². The van der Waals surface area contributed by atoms with Gasteiger partial charge in [-0.15, -0.1) is 0 Å². The molecule has 1 aromatic heterocycles. The Hall–Kier alpha value is -1.33. The molecule has 0 bridgehead atoms. The highest BCUT2D eigenvalue weighted by molar-refractivity contribution is 5.73. The smallest absolute Gasteiger partial charge is 0.335 e. The minimum absolute atomic E-state index is 0.345. The van der Waals surface area contributed by atoms with Crippen molar-refractivity contribution in [2.24, 2.45) is 0 Å². The molecular weight excluding hydrogens is 186 g/mol. The van der Waals surface area contributed by atoms with Crippen LogP contribution in [0.1, 0.15) is 23.1 Å². The van der Waals surface area contributed by atoms with E-state index in [1.54, 1.807) is 19.9 Å². The van der Waals surface area contributed by atoms with E-state index in [0.29, 0.717) is 5.69 Å². The summed E-state index contributed by atoms with van der Waals surface area (Å²) in [7, 11) is 0. The summed E-state index contributed by atoms with van der Waals surface area (Å²) in [4.78, 5) is 13.2. The van der Waals surface area contributed by atoms with Gasteiger partial charge in [-0.2, -0.15) is 0 Å². The molecule has 5 heteroatoms. The van der Waals surface area contributed by atoms with Crippen LogP contribution >= 0.6 is 0 Å². The van der Waals surface area contributed by atoms with Crippen LogP contribution in [-0.2, 0) is 4.79 Å². The van der Waals surface area contributed by atoms with E-state index in [0.717, 1.165) is 11.3 Å². The van der Waals surface area contributed by atoms with Crippen molar-refractivity contribution in [3.8, 4) is 0 Å². The van der Waals surface area contributed by atoms with E-state index < -0.39 is 18.2 Å². The van der Waals surface area contributed by atoms with Gasteiger partial charge >= 0.3 is 5.97 Å². The van der Waals surface area contributed by atoms with E-state index in [2.05, 4.69) is 4.98 Å². The van der Waals surface area contributed by atoms with Crippen molar-refractivity contribution >= 4 is 5.97 Å². The van der Waals surface area contributed by atoms with E-state index in [9.17, 15) is 9.90 Å². The van der Waals surface area contributed by atoms with Crippen molar-refractivity contribution in [1.29, 1.82) is 0 Å². The van der Waals surface area contributed by atoms with E-state index in [1.807, 2.05) is 0 Å². The maximum Gasteiger partial charge on any atom is 0.335 e. The summed E-state index contributed by atoms with van der Waals surface area (Å²) in [6, 6.07) is 1.77. The Morgan fingerprint density at radius 1 is 1.43 bits per heavy atom. The van der Waals surface area contributed by atoms with Crippen LogP contribution in [0.25, 0.3) is 0 Å². The van der Waals surface area contributed by atoms with Crippen LogP contribution in [0.3, 0.4) is 0 Å². The SMILES string of the molecule is Cc1cc(C)c(C(O)C(O)C(=O)O)[nH]1. The minimum Gasteiger partial charge on any atom is -0.479 e. The van der Waals surface area contributed by atoms with Gasteiger partial charge in [0.05, 0.1) is 5.69 Å². The van der Waals surface area contributed by atoms with Crippen LogP contribution in [0.15, 0.2) is 6.07 Å². The summed E-state index contributed by atoms with van der Waals surface area (Å²) in [6.07, 6.45) is -3.21. The Labute approximate surface area is 81.0 Å². The fraction of sp³-hybridized carbons (Fsp3) is 0.444. The first-order chi connectivity index (χ1) is 6.43. The average molecular weight is 199 g/mol. The molecule has 0 aliphatic carbocycles. The monoisotopic (exact) mass is 199 g/mol. The van der Waals surface area contributed by atoms with Crippen LogP contribution in [0.2, 0.25) is 0 Å². The second kappa shape index (κ2) is 3.81. The number of aliphatic carboxylic acids is 1. The number of hydrogen-bond acceptors (Lipinski definition) is 3. The molecule has 0 saturated heterocycles. The summed E-state index contributed by atoms with van der Waals surface area (Å²) in [5.74, 6) is -1.44. The Morgan fingerprint density at radius 3 is 2.36 bits per heavy atom. The molecule has 0 aromatic carbocycles. The van der Waals surface area contributed by atoms with Crippen molar-refractivity contribution in [3.63, 3.8) is 0 Å². The van der Waals surface area contributed by atoms with Crippen molar-refractivity contribution < 1.29 is 20.1 Å². The predicted octanol–water partition coefficient (Wildman–Crippen LogP) is 0.110. The molecule has 0 fully saturated rings. The molecule has 0 spiro atoms. The van der Waals surface area contributed by atoms with Gasteiger partial charge in [0.15, 0.2) is 6.10 Å². The molecule has 0 aliphatic rings. The molecule has 0 radical (unpaired) electrons. The molecule has 5 nitrogen and oxygen atoms in total. The maximum absolute atomic E-state index is 10.4. The van der Waals surface area contributed by atoms with Gasteiger partial charge in [0.25, 0.3) is 0 Å². The molecule has 2 atom stereocenters. The molecule has 0 amide bonds. The fourth-order valence-corrected chi connectivity index (χ4v) is 1.35. The molecule has 1 aromatic rings. The number of aliphatic hydroxyl groups excluding tert-OH is 2. The van der Waals surface area contributed by atoms with Crippen molar-refractivity contribution in [2.75, 3.05) is 0 Å². The van der Waals surface area contributed by atoms with Crippen molar-refractivity contribution in [2.45, 2.75) is 26.1 Å². The van der Waals surface area contributed by atoms with Gasteiger partial charge in [-0.25, -0.2) is 4.79 Å². The van der Waals surface area contributed by atoms with Crippen molar-refractivity contribution in [1.82, 2.24) is 4.98 Å². The first-order valence-corrected chi connectivity index (χ1v) is 4.18. The summed E-state index contributed by atoms with van der Waals surface area (Å²) < 4.78 is 0. The number of H-pyrrole nitrogens is 1. The number of rotatable bonds is 3. The maximum atomic E-state index is 10.4. The zero-order valence-corrected chi connectivity index (χ0v) is 7.98. The number of carbonyl (C=O) groups is 1. The molecule has 2 unspecified atom stereocenters. The molecule has 14 heavy (non-hydrogen) atoms. The van der Waals surface area contributed by atoms with E-state index in [-0.39, 0.29) is 0 Å². The number of aryl methyl sites for hydroxylation is 2. The number of aromatic amines is 1. The number of carboxylic acids is 1. The Kier molecular flexibility index (Phi) is 2.93. The molecule has 1 rings (SSSR count). The van der Waals surface area contributed by atoms with Gasteiger partial charge in [-0.1, -0.05) is 0 Å². The largest absolute Gasteiger partial charge is 0.479 e. The van der Waals surface area contributed by atoms with Gasteiger partial charge in [0.2, 0.25) is 0 Å². The highest BCUT2D eigenvalue weighted by atomic mass is 16.4. The topological polar surface area (TPSA) is 93.6 Å². The molecule has 0 aliphatic heterocycles. The second-order valence-corrected chi connectivity index (χ2v) is 3.28. The number of aromatic nitrogens is 1. The number of nitrogens with one attached hydrogen (secondary N) is 1. The van der Waals surface area contributed by atoms with Crippen LogP contribution in [0, 0.1) is 13.8 Å². The molecule has 0 saturated carbocycles. The predicted molar refractivity (Wildman–Crippen MR) is 48.9 cm³/mol. The highest BCUT2D eigenvalue weighted by Gasteiger charge is 2.27. The molecule has 1 heterocycles. The van der Waals surface area contributed by atoms with Gasteiger partial charge < -0.3 is 20.3 Å². The first kappa shape index (κ1) is 10.7. The Bertz CT molecular complexity index is 345. The lowest BCUT2D eigenvalue weighted by Crippen LogP contribution is -2.28. The summed E-state index contributed by atoms with van der Waals surface area (Å²) >= 11 is 0. The first-order valence-electron chi connectivity index (χ1n) is 4.18. The number of aliphatic hydroxyl groups is 2. The lowest BCUT2D eigenvalue weighted by molar-refractivity contribution is -0.153. The van der Waals surface area contributed by atoms with E-state index in [4.69, 9.17) is 10.2 Å². The third kappa shape index (κ3) is 1.94. The van der Waals surface area contributed by atoms with Crippen molar-refractivity contribution in [3.05, 3.63) is 23.0 Å². The van der Waals surface area contributed by atoms with Crippen LogP contribution in [0.4, 0.5) is 0 Å². The van der Waals surface area contributed by atoms with Crippen LogP contribution < -0.4 is 0 Å². The second-order valence-electron chi connectivity index (χ2n) is 3.28. The van der Waals surface area contributed by atoms with Crippen LogP contribution in [0.5, 0.6) is 0 Å². The molecule has 78 valence electrons. The normalized spacial score (nSPS) is 15.1. The summed E-state index contributed by atoms with van der Waals surface area (Å²) in [5.41, 5.74) is 1.89. The molecular formula is C9H13NO4. The Balaban J connectivity index is 2.94. The summed E-state index contributed by atoms with van der Waals surface area (Å²) in [5, 5.41) is 27.1. The van der Waals surface area contributed by atoms with Gasteiger partial charge in [0, 0.05) is 5.69 Å². The number of hydrogen-bond donors (Lipinski definition) is 4. The van der Waals surface area contributed by atoms with Gasteiger partial charge in [-0.05, 0) is 25.5 Å². The van der Waals surface area contributed by atoms with E-state index >= 15 is 0 Å². The third-order valence-corrected chi connectivity index (χ3v) is 2.04. The minimum atomic E-state index is -1.80. The van der Waals surface area contributed by atoms with Gasteiger partial charge in [-0.3, -0.25) is 0 Å². The lowest BCUT2D eigenvalue weighted by atomic mass is 10.1. The van der Waals surface area contributed by atoms with Crippen LogP contribution in [-0.4, -0.2) is 32.4 Å². The standard InChI is InChI=1S/C9H13NO4/c1-4-3-5(2)10-6(4)7(11)8(12)9(13)14/h3,7-8,10-12H,1-2H3,(H,13,14). The fourth-order valence-electron chi connectivity index (χ4n) is 1.35. The quantitative estimate of drug-likeness (QED) is 0.555. The zero-order chi connectivity index (χ0) is 10.9.